The van der Waals surface area contributed by atoms with Crippen molar-refractivity contribution in [3.63, 3.8) is 0 Å². The molecule has 0 aliphatic heterocycles. The summed E-state index contributed by atoms with van der Waals surface area (Å²) in [6.45, 7) is 7.51. The molecular weight excluding hydrogens is 210 g/mol. The molecule has 0 aromatic rings. The Hall–Kier alpha value is -0.690. The molecule has 0 radical (unpaired) electrons. The lowest BCUT2D eigenvalue weighted by molar-refractivity contribution is -0.154. The fourth-order valence-corrected chi connectivity index (χ4v) is 1.80. The zero-order valence-electron chi connectivity index (χ0n) is 9.87. The quantitative estimate of drug-likeness (QED) is 0.680. The number of hydrogen-bond acceptors (Lipinski definition) is 4. The van der Waals surface area contributed by atoms with E-state index in [2.05, 4.69) is 6.07 Å². The average Bonchev–Trinajstić information content (AvgIpc) is 2.09. The Morgan fingerprint density at radius 3 is 2.53 bits per heavy atom. The summed E-state index contributed by atoms with van der Waals surface area (Å²) in [5, 5.41) is 8.68. The largest absolute Gasteiger partial charge is 0.460 e. The minimum Gasteiger partial charge on any atom is -0.460 e. The van der Waals surface area contributed by atoms with E-state index in [-0.39, 0.29) is 11.2 Å². The Labute approximate surface area is 96.2 Å². The highest BCUT2D eigenvalue weighted by Gasteiger charge is 2.16. The summed E-state index contributed by atoms with van der Waals surface area (Å²) in [5.41, 5.74) is -0.416. The maximum Gasteiger partial charge on any atom is 0.307 e. The van der Waals surface area contributed by atoms with Gasteiger partial charge in [-0.15, -0.1) is 11.8 Å². The molecule has 0 aliphatic rings. The van der Waals surface area contributed by atoms with Crippen LogP contribution >= 0.6 is 11.8 Å². The number of esters is 1. The maximum absolute atomic E-state index is 11.3. The van der Waals surface area contributed by atoms with Crippen molar-refractivity contribution in [2.24, 2.45) is 0 Å². The number of carbonyl (C=O) groups excluding carboxylic acids is 1. The predicted octanol–water partition coefficient (Wildman–Crippen LogP) is 2.75. The van der Waals surface area contributed by atoms with Crippen molar-refractivity contribution in [3.8, 4) is 6.07 Å². The maximum atomic E-state index is 11.3. The second-order valence-electron chi connectivity index (χ2n) is 4.23. The van der Waals surface area contributed by atoms with Crippen molar-refractivity contribution < 1.29 is 9.53 Å². The van der Waals surface area contributed by atoms with Gasteiger partial charge in [-0.2, -0.15) is 5.26 Å². The normalized spacial score (nSPS) is 13.0. The van der Waals surface area contributed by atoms with Crippen LogP contribution in [0.5, 0.6) is 0 Å². The molecule has 0 unspecified atom stereocenters. The first-order valence-electron chi connectivity index (χ1n) is 5.12. The van der Waals surface area contributed by atoms with Gasteiger partial charge in [-0.3, -0.25) is 4.79 Å². The first-order valence-corrected chi connectivity index (χ1v) is 6.17. The van der Waals surface area contributed by atoms with E-state index in [0.717, 1.165) is 6.42 Å². The molecule has 0 rings (SSSR count). The molecule has 0 saturated heterocycles. The van der Waals surface area contributed by atoms with Crippen LogP contribution in [0.4, 0.5) is 0 Å². The highest BCUT2D eigenvalue weighted by Crippen LogP contribution is 2.16. The second kappa shape index (κ2) is 6.73. The van der Waals surface area contributed by atoms with E-state index in [4.69, 9.17) is 10.00 Å². The lowest BCUT2D eigenvalue weighted by Gasteiger charge is -2.19. The molecule has 0 fully saturated rings. The zero-order chi connectivity index (χ0) is 11.9. The number of thioether (sulfide) groups is 1. The molecule has 0 N–H and O–H groups in total. The number of hydrogen-bond donors (Lipinski definition) is 0. The molecule has 0 spiro atoms. The van der Waals surface area contributed by atoms with Crippen LogP contribution in [0.25, 0.3) is 0 Å². The van der Waals surface area contributed by atoms with Crippen molar-refractivity contribution in [3.05, 3.63) is 0 Å². The van der Waals surface area contributed by atoms with Gasteiger partial charge in [0.1, 0.15) is 5.60 Å². The fourth-order valence-electron chi connectivity index (χ4n) is 0.923. The highest BCUT2D eigenvalue weighted by molar-refractivity contribution is 8.00. The van der Waals surface area contributed by atoms with E-state index >= 15 is 0 Å². The standard InChI is InChI=1S/C11H19NO2S/c1-5-9(8-12)15-7-6-10(13)14-11(2,3)4/h9H,5-7H2,1-4H3/t9-/m0/s1. The molecule has 3 nitrogen and oxygen atoms in total. The van der Waals surface area contributed by atoms with Gasteiger partial charge in [0.15, 0.2) is 0 Å². The third-order valence-corrected chi connectivity index (χ3v) is 2.84. The van der Waals surface area contributed by atoms with Gasteiger partial charge in [-0.1, -0.05) is 6.92 Å². The molecule has 0 amide bonds. The van der Waals surface area contributed by atoms with Gasteiger partial charge in [-0.05, 0) is 27.2 Å². The van der Waals surface area contributed by atoms with Crippen LogP contribution in [0.15, 0.2) is 0 Å². The first kappa shape index (κ1) is 14.3. The summed E-state index contributed by atoms with van der Waals surface area (Å²) in [4.78, 5) is 11.3. The van der Waals surface area contributed by atoms with Crippen LogP contribution in [0.1, 0.15) is 40.5 Å². The number of carbonyl (C=O) groups is 1. The van der Waals surface area contributed by atoms with Crippen molar-refractivity contribution in [2.45, 2.75) is 51.4 Å². The van der Waals surface area contributed by atoms with Crippen LogP contribution < -0.4 is 0 Å². The molecule has 86 valence electrons. The van der Waals surface area contributed by atoms with Crippen molar-refractivity contribution in [1.82, 2.24) is 0 Å². The molecule has 0 aliphatic carbocycles. The number of nitriles is 1. The van der Waals surface area contributed by atoms with Gasteiger partial charge in [0.25, 0.3) is 0 Å². The Kier molecular flexibility index (Phi) is 6.42. The van der Waals surface area contributed by atoms with E-state index in [1.165, 1.54) is 11.8 Å². The minimum atomic E-state index is -0.416. The molecule has 0 heterocycles. The van der Waals surface area contributed by atoms with E-state index in [1.54, 1.807) is 0 Å². The molecule has 0 bridgehead atoms. The summed E-state index contributed by atoms with van der Waals surface area (Å²) in [6, 6.07) is 2.18. The van der Waals surface area contributed by atoms with E-state index in [9.17, 15) is 4.79 Å². The Bertz CT molecular complexity index is 240. The number of ether oxygens (including phenoxy) is 1. The molecule has 0 aromatic heterocycles. The van der Waals surface area contributed by atoms with Crippen LogP contribution in [-0.4, -0.2) is 22.6 Å². The Balaban J connectivity index is 3.69. The monoisotopic (exact) mass is 229 g/mol. The molecule has 0 saturated carbocycles. The SMILES string of the molecule is CC[C@@H](C#N)SCCC(=O)OC(C)(C)C. The molecular formula is C11H19NO2S. The summed E-state index contributed by atoms with van der Waals surface area (Å²) >= 11 is 1.51. The lowest BCUT2D eigenvalue weighted by Crippen LogP contribution is -2.24. The van der Waals surface area contributed by atoms with Gasteiger partial charge >= 0.3 is 5.97 Å². The van der Waals surface area contributed by atoms with Crippen molar-refractivity contribution >= 4 is 17.7 Å². The van der Waals surface area contributed by atoms with E-state index in [0.29, 0.717) is 12.2 Å². The molecule has 15 heavy (non-hydrogen) atoms. The minimum absolute atomic E-state index is 0.00700. The molecule has 0 aromatic carbocycles. The summed E-state index contributed by atoms with van der Waals surface area (Å²) < 4.78 is 5.15. The van der Waals surface area contributed by atoms with Crippen LogP contribution in [-0.2, 0) is 9.53 Å². The lowest BCUT2D eigenvalue weighted by atomic mass is 10.2. The molecule has 1 atom stereocenters. The fraction of sp³-hybridized carbons (Fsp3) is 0.818. The highest BCUT2D eigenvalue weighted by atomic mass is 32.2. The van der Waals surface area contributed by atoms with Gasteiger partial charge in [-0.25, -0.2) is 0 Å². The Morgan fingerprint density at radius 1 is 1.53 bits per heavy atom. The third-order valence-electron chi connectivity index (χ3n) is 1.56. The molecule has 4 heteroatoms. The van der Waals surface area contributed by atoms with Gasteiger partial charge < -0.3 is 4.74 Å². The van der Waals surface area contributed by atoms with Gasteiger partial charge in [0, 0.05) is 5.75 Å². The summed E-state index contributed by atoms with van der Waals surface area (Å²) in [6.07, 6.45) is 1.19. The summed E-state index contributed by atoms with van der Waals surface area (Å²) in [5.74, 6) is 0.462. The van der Waals surface area contributed by atoms with E-state index in [1.807, 2.05) is 27.7 Å². The predicted molar refractivity (Wildman–Crippen MR) is 62.6 cm³/mol. The second-order valence-corrected chi connectivity index (χ2v) is 5.54. The van der Waals surface area contributed by atoms with Crippen molar-refractivity contribution in [1.29, 1.82) is 5.26 Å². The van der Waals surface area contributed by atoms with Crippen LogP contribution in [0.2, 0.25) is 0 Å². The topological polar surface area (TPSA) is 50.1 Å². The number of nitrogens with zero attached hydrogens (tertiary/aromatic N) is 1. The van der Waals surface area contributed by atoms with Crippen molar-refractivity contribution in [2.75, 3.05) is 5.75 Å². The van der Waals surface area contributed by atoms with Gasteiger partial charge in [0.2, 0.25) is 0 Å². The zero-order valence-corrected chi connectivity index (χ0v) is 10.7. The summed E-state index contributed by atoms with van der Waals surface area (Å²) in [7, 11) is 0. The van der Waals surface area contributed by atoms with E-state index < -0.39 is 5.60 Å². The third kappa shape index (κ3) is 8.31. The first-order chi connectivity index (χ1) is 6.89. The van der Waals surface area contributed by atoms with Crippen LogP contribution in [0, 0.1) is 11.3 Å². The average molecular weight is 229 g/mol. The smallest absolute Gasteiger partial charge is 0.307 e. The van der Waals surface area contributed by atoms with Gasteiger partial charge in [0.05, 0.1) is 17.7 Å². The van der Waals surface area contributed by atoms with Crippen LogP contribution in [0.3, 0.4) is 0 Å². The Morgan fingerprint density at radius 2 is 2.13 bits per heavy atom. The number of rotatable bonds is 5.